The number of carbonyl (C=O) groups is 1. The summed E-state index contributed by atoms with van der Waals surface area (Å²) in [5.74, 6) is 0.557. The molecule has 1 N–H and O–H groups in total. The number of hydrogen-bond donors (Lipinski definition) is 1. The van der Waals surface area contributed by atoms with Crippen molar-refractivity contribution in [1.29, 1.82) is 5.26 Å². The van der Waals surface area contributed by atoms with Crippen LogP contribution in [0.1, 0.15) is 34.9 Å². The van der Waals surface area contributed by atoms with Crippen LogP contribution in [0.5, 0.6) is 0 Å². The number of carbonyl (C=O) groups excluding carboxylic acids is 1. The first kappa shape index (κ1) is 15.7. The molecule has 1 amide bonds. The number of nitrogens with one attached hydrogen (secondary N) is 1. The van der Waals surface area contributed by atoms with Crippen LogP contribution in [0.2, 0.25) is 0 Å². The topological polar surface area (TPSA) is 56.8 Å². The van der Waals surface area contributed by atoms with Crippen molar-refractivity contribution in [2.75, 3.05) is 5.32 Å². The van der Waals surface area contributed by atoms with Crippen molar-refractivity contribution in [2.45, 2.75) is 39.7 Å². The minimum Gasteiger partial charge on any atom is -0.311 e. The molecule has 0 spiro atoms. The highest BCUT2D eigenvalue weighted by atomic mass is 32.1. The molecule has 0 saturated carbocycles. The lowest BCUT2D eigenvalue weighted by Gasteiger charge is -2.17. The Balaban J connectivity index is 1.76. The van der Waals surface area contributed by atoms with E-state index in [1.807, 2.05) is 36.0 Å². The van der Waals surface area contributed by atoms with Crippen LogP contribution in [0.3, 0.4) is 0 Å². The second-order valence-electron chi connectivity index (χ2n) is 6.26. The van der Waals surface area contributed by atoms with Gasteiger partial charge < -0.3 is 5.32 Å². The number of anilines is 1. The molecular formula is C18H20N3OS+. The van der Waals surface area contributed by atoms with E-state index in [0.717, 1.165) is 30.4 Å². The first-order valence-corrected chi connectivity index (χ1v) is 8.68. The number of nitrogens with zero attached hydrogens (tertiary/aromatic N) is 2. The molecule has 4 nitrogen and oxygen atoms in total. The highest BCUT2D eigenvalue weighted by Gasteiger charge is 2.25. The number of amides is 1. The molecule has 0 unspecified atom stereocenters. The molecule has 0 fully saturated rings. The fraction of sp³-hybridized carbons (Fsp3) is 0.389. The van der Waals surface area contributed by atoms with Gasteiger partial charge in [0.25, 0.3) is 5.91 Å². The van der Waals surface area contributed by atoms with E-state index in [9.17, 15) is 10.1 Å². The maximum Gasteiger partial charge on any atom is 0.290 e. The van der Waals surface area contributed by atoms with Crippen LogP contribution in [0.15, 0.2) is 24.5 Å². The van der Waals surface area contributed by atoms with Crippen molar-refractivity contribution in [1.82, 2.24) is 0 Å². The molecule has 0 saturated heterocycles. The number of aryl methyl sites for hydroxylation is 1. The van der Waals surface area contributed by atoms with Crippen LogP contribution in [0, 0.1) is 24.2 Å². The zero-order valence-electron chi connectivity index (χ0n) is 13.4. The predicted octanol–water partition coefficient (Wildman–Crippen LogP) is 2.98. The summed E-state index contributed by atoms with van der Waals surface area (Å²) in [6, 6.07) is 6.23. The average Bonchev–Trinajstić information content (AvgIpc) is 2.85. The summed E-state index contributed by atoms with van der Waals surface area (Å²) >= 11 is 1.57. The molecule has 0 radical (unpaired) electrons. The molecule has 2 aromatic rings. The predicted molar refractivity (Wildman–Crippen MR) is 90.2 cm³/mol. The Morgan fingerprint density at radius 1 is 1.48 bits per heavy atom. The number of rotatable bonds is 3. The Labute approximate surface area is 140 Å². The van der Waals surface area contributed by atoms with Crippen LogP contribution in [0.25, 0.3) is 0 Å². The largest absolute Gasteiger partial charge is 0.311 e. The van der Waals surface area contributed by atoms with Gasteiger partial charge in [0.1, 0.15) is 11.1 Å². The van der Waals surface area contributed by atoms with Gasteiger partial charge in [0.05, 0.1) is 5.56 Å². The van der Waals surface area contributed by atoms with Crippen molar-refractivity contribution in [3.05, 3.63) is 46.1 Å². The molecule has 5 heteroatoms. The molecule has 118 valence electrons. The third-order valence-corrected chi connectivity index (χ3v) is 5.43. The minimum absolute atomic E-state index is 0.0954. The zero-order valence-corrected chi connectivity index (χ0v) is 14.2. The monoisotopic (exact) mass is 326 g/mol. The summed E-state index contributed by atoms with van der Waals surface area (Å²) in [7, 11) is 0. The Morgan fingerprint density at radius 3 is 2.91 bits per heavy atom. The number of pyridine rings is 1. The molecule has 3 rings (SSSR count). The molecule has 0 aliphatic heterocycles. The molecule has 2 heterocycles. The van der Waals surface area contributed by atoms with Gasteiger partial charge in [0.15, 0.2) is 12.4 Å². The number of fused-ring (bicyclic) bond motifs is 1. The van der Waals surface area contributed by atoms with Crippen molar-refractivity contribution in [2.24, 2.45) is 5.92 Å². The van der Waals surface area contributed by atoms with Crippen LogP contribution < -0.4 is 9.88 Å². The fourth-order valence-electron chi connectivity index (χ4n) is 2.93. The standard InChI is InChI=1S/C18H19N3OS/c1-12-5-7-21(8-6-12)11-17(22)20-18-15(10-19)14-4-3-13(2)9-16(14)23-18/h5-8,13H,3-4,9,11H2,1-2H3/p+1/t13-/m0/s1. The number of hydrogen-bond acceptors (Lipinski definition) is 3. The van der Waals surface area contributed by atoms with Gasteiger partial charge in [-0.2, -0.15) is 9.83 Å². The lowest BCUT2D eigenvalue weighted by Crippen LogP contribution is -2.39. The molecule has 0 aromatic carbocycles. The fourth-order valence-corrected chi connectivity index (χ4v) is 4.30. The van der Waals surface area contributed by atoms with E-state index in [-0.39, 0.29) is 12.5 Å². The van der Waals surface area contributed by atoms with Crippen LogP contribution in [0.4, 0.5) is 5.00 Å². The van der Waals surface area contributed by atoms with Gasteiger partial charge in [-0.3, -0.25) is 4.79 Å². The lowest BCUT2D eigenvalue weighted by molar-refractivity contribution is -0.684. The molecular weight excluding hydrogens is 306 g/mol. The number of aromatic nitrogens is 1. The summed E-state index contributed by atoms with van der Waals surface area (Å²) < 4.78 is 1.84. The van der Waals surface area contributed by atoms with Crippen LogP contribution in [-0.4, -0.2) is 5.91 Å². The quantitative estimate of drug-likeness (QED) is 0.882. The minimum atomic E-state index is -0.0954. The molecule has 23 heavy (non-hydrogen) atoms. The summed E-state index contributed by atoms with van der Waals surface area (Å²) in [5.41, 5.74) is 2.97. The summed E-state index contributed by atoms with van der Waals surface area (Å²) in [6.07, 6.45) is 6.85. The van der Waals surface area contributed by atoms with E-state index in [4.69, 9.17) is 0 Å². The van der Waals surface area contributed by atoms with Gasteiger partial charge in [-0.15, -0.1) is 11.3 Å². The first-order valence-electron chi connectivity index (χ1n) is 7.87. The third-order valence-electron chi connectivity index (χ3n) is 4.26. The second-order valence-corrected chi connectivity index (χ2v) is 7.37. The highest BCUT2D eigenvalue weighted by Crippen LogP contribution is 2.39. The third kappa shape index (κ3) is 3.43. The Morgan fingerprint density at radius 2 is 2.22 bits per heavy atom. The molecule has 1 aliphatic rings. The average molecular weight is 326 g/mol. The first-order chi connectivity index (χ1) is 11.1. The summed E-state index contributed by atoms with van der Waals surface area (Å²) in [4.78, 5) is 13.5. The highest BCUT2D eigenvalue weighted by molar-refractivity contribution is 7.16. The smallest absolute Gasteiger partial charge is 0.290 e. The van der Waals surface area contributed by atoms with E-state index in [1.54, 1.807) is 11.3 Å². The number of nitriles is 1. The number of thiophene rings is 1. The van der Waals surface area contributed by atoms with Crippen LogP contribution in [-0.2, 0) is 24.2 Å². The molecule has 0 bridgehead atoms. The van der Waals surface area contributed by atoms with Gasteiger partial charge in [0, 0.05) is 17.0 Å². The Kier molecular flexibility index (Phi) is 4.44. The normalized spacial score (nSPS) is 16.5. The SMILES string of the molecule is Cc1cc[n+](CC(=O)Nc2sc3c(c2C#N)CC[C@H](C)C3)cc1. The van der Waals surface area contributed by atoms with Gasteiger partial charge >= 0.3 is 0 Å². The van der Waals surface area contributed by atoms with Gasteiger partial charge in [0.2, 0.25) is 6.54 Å². The van der Waals surface area contributed by atoms with E-state index >= 15 is 0 Å². The Bertz CT molecular complexity index is 771. The maximum absolute atomic E-state index is 12.3. The van der Waals surface area contributed by atoms with Crippen molar-refractivity contribution < 1.29 is 9.36 Å². The van der Waals surface area contributed by atoms with E-state index < -0.39 is 0 Å². The van der Waals surface area contributed by atoms with Gasteiger partial charge in [-0.1, -0.05) is 6.92 Å². The lowest BCUT2D eigenvalue weighted by atomic mass is 9.89. The van der Waals surface area contributed by atoms with E-state index in [2.05, 4.69) is 18.3 Å². The van der Waals surface area contributed by atoms with Crippen molar-refractivity contribution >= 4 is 22.2 Å². The summed E-state index contributed by atoms with van der Waals surface area (Å²) in [6.45, 7) is 4.51. The Hall–Kier alpha value is -2.19. The maximum atomic E-state index is 12.3. The van der Waals surface area contributed by atoms with Crippen molar-refractivity contribution in [3.63, 3.8) is 0 Å². The molecule has 1 aliphatic carbocycles. The van der Waals surface area contributed by atoms with Crippen molar-refractivity contribution in [3.8, 4) is 6.07 Å². The van der Waals surface area contributed by atoms with Gasteiger partial charge in [-0.25, -0.2) is 0 Å². The molecule has 1 atom stereocenters. The zero-order chi connectivity index (χ0) is 16.4. The molecule has 2 aromatic heterocycles. The second kappa shape index (κ2) is 6.51. The van der Waals surface area contributed by atoms with E-state index in [0.29, 0.717) is 16.5 Å². The van der Waals surface area contributed by atoms with Gasteiger partial charge in [-0.05, 0) is 43.2 Å². The van der Waals surface area contributed by atoms with Crippen LogP contribution >= 0.6 is 11.3 Å². The van der Waals surface area contributed by atoms with E-state index in [1.165, 1.54) is 4.88 Å². The summed E-state index contributed by atoms with van der Waals surface area (Å²) in [5, 5.41) is 13.1.